The van der Waals surface area contributed by atoms with Gasteiger partial charge in [0.05, 0.1) is 11.4 Å². The fourth-order valence-corrected chi connectivity index (χ4v) is 1.52. The molecule has 0 aliphatic heterocycles. The Kier molecular flexibility index (Phi) is 2.63. The van der Waals surface area contributed by atoms with Crippen molar-refractivity contribution < 1.29 is 8.42 Å². The molecule has 72 valence electrons. The molecule has 0 saturated carbocycles. The number of hydrogen-bond donors (Lipinski definition) is 1. The lowest BCUT2D eigenvalue weighted by Crippen LogP contribution is -2.21. The number of sulfonamides is 1. The maximum atomic E-state index is 11.0. The topological polar surface area (TPSA) is 85.9 Å². The number of aromatic nitrogens is 2. The van der Waals surface area contributed by atoms with Crippen molar-refractivity contribution in [1.29, 1.82) is 0 Å². The normalized spacial score (nSPS) is 14.1. The highest BCUT2D eigenvalue weighted by Gasteiger charge is 2.21. The van der Waals surface area contributed by atoms with Crippen molar-refractivity contribution in [2.75, 3.05) is 0 Å². The second-order valence-electron chi connectivity index (χ2n) is 2.76. The number of nitrogens with two attached hydrogens (primary N) is 1. The molecule has 0 aromatic carbocycles. The van der Waals surface area contributed by atoms with E-state index in [1.54, 1.807) is 6.92 Å². The lowest BCUT2D eigenvalue weighted by molar-refractivity contribution is 0.586. The van der Waals surface area contributed by atoms with Gasteiger partial charge in [0.1, 0.15) is 5.25 Å². The number of aryl methyl sites for hydroxylation is 1. The monoisotopic (exact) mass is 201 g/mol. The van der Waals surface area contributed by atoms with Crippen LogP contribution in [0.4, 0.5) is 0 Å². The minimum absolute atomic E-state index is 0.407. The second kappa shape index (κ2) is 3.39. The van der Waals surface area contributed by atoms with Crippen LogP contribution in [-0.4, -0.2) is 18.4 Å². The van der Waals surface area contributed by atoms with Gasteiger partial charge in [0.15, 0.2) is 0 Å². The standard InChI is InChI=1S/C7H11N3O2S/c1-5-7(10-4-3-9-5)6(2)13(8,11)12/h3-4,6H,1-2H3,(H2,8,11,12). The Morgan fingerprint density at radius 3 is 2.38 bits per heavy atom. The highest BCUT2D eigenvalue weighted by Crippen LogP contribution is 2.18. The number of hydrogen-bond acceptors (Lipinski definition) is 4. The van der Waals surface area contributed by atoms with Gasteiger partial charge in [-0.1, -0.05) is 0 Å². The van der Waals surface area contributed by atoms with Crippen molar-refractivity contribution in [2.45, 2.75) is 19.1 Å². The van der Waals surface area contributed by atoms with Gasteiger partial charge in [0.25, 0.3) is 0 Å². The Labute approximate surface area is 77.1 Å². The lowest BCUT2D eigenvalue weighted by Gasteiger charge is -2.09. The summed E-state index contributed by atoms with van der Waals surface area (Å²) in [5.41, 5.74) is 0.994. The molecule has 13 heavy (non-hydrogen) atoms. The zero-order chi connectivity index (χ0) is 10.1. The van der Waals surface area contributed by atoms with Gasteiger partial charge in [-0.05, 0) is 13.8 Å². The van der Waals surface area contributed by atoms with Crippen LogP contribution in [0.1, 0.15) is 23.6 Å². The molecule has 1 heterocycles. The largest absolute Gasteiger partial charge is 0.258 e. The molecule has 0 amide bonds. The molecule has 0 saturated heterocycles. The van der Waals surface area contributed by atoms with Gasteiger partial charge in [0, 0.05) is 12.4 Å². The summed E-state index contributed by atoms with van der Waals surface area (Å²) in [5.74, 6) is 0. The molecular weight excluding hydrogens is 190 g/mol. The van der Waals surface area contributed by atoms with E-state index in [0.29, 0.717) is 11.4 Å². The Morgan fingerprint density at radius 2 is 1.92 bits per heavy atom. The molecule has 0 radical (unpaired) electrons. The van der Waals surface area contributed by atoms with Gasteiger partial charge in [-0.2, -0.15) is 0 Å². The van der Waals surface area contributed by atoms with Crippen LogP contribution in [0.15, 0.2) is 12.4 Å². The first-order valence-corrected chi connectivity index (χ1v) is 5.33. The predicted octanol–water partition coefficient (Wildman–Crippen LogP) is 0.135. The van der Waals surface area contributed by atoms with Crippen LogP contribution in [-0.2, 0) is 10.0 Å². The van der Waals surface area contributed by atoms with E-state index in [-0.39, 0.29) is 0 Å². The summed E-state index contributed by atoms with van der Waals surface area (Å²) in [4.78, 5) is 7.85. The first-order valence-electron chi connectivity index (χ1n) is 3.72. The summed E-state index contributed by atoms with van der Waals surface area (Å²) in [6.07, 6.45) is 2.96. The predicted molar refractivity (Wildman–Crippen MR) is 48.3 cm³/mol. The van der Waals surface area contributed by atoms with Crippen molar-refractivity contribution in [1.82, 2.24) is 9.97 Å². The van der Waals surface area contributed by atoms with E-state index in [9.17, 15) is 8.42 Å². The van der Waals surface area contributed by atoms with Crippen LogP contribution >= 0.6 is 0 Å². The smallest absolute Gasteiger partial charge is 0.217 e. The molecular formula is C7H11N3O2S. The van der Waals surface area contributed by atoms with Crippen molar-refractivity contribution >= 4 is 10.0 Å². The molecule has 0 aliphatic carbocycles. The van der Waals surface area contributed by atoms with Gasteiger partial charge in [-0.25, -0.2) is 13.6 Å². The van der Waals surface area contributed by atoms with Crippen LogP contribution < -0.4 is 5.14 Å². The maximum Gasteiger partial charge on any atom is 0.217 e. The van der Waals surface area contributed by atoms with Crippen LogP contribution in [0.2, 0.25) is 0 Å². The maximum absolute atomic E-state index is 11.0. The number of nitrogens with zero attached hydrogens (tertiary/aromatic N) is 2. The van der Waals surface area contributed by atoms with E-state index in [2.05, 4.69) is 9.97 Å². The summed E-state index contributed by atoms with van der Waals surface area (Å²) in [6.45, 7) is 3.19. The van der Waals surface area contributed by atoms with Gasteiger partial charge >= 0.3 is 0 Å². The average molecular weight is 201 g/mol. The van der Waals surface area contributed by atoms with E-state index in [4.69, 9.17) is 5.14 Å². The van der Waals surface area contributed by atoms with Gasteiger partial charge in [0.2, 0.25) is 10.0 Å². The fraction of sp³-hybridized carbons (Fsp3) is 0.429. The molecule has 1 atom stereocenters. The van der Waals surface area contributed by atoms with Gasteiger partial charge < -0.3 is 0 Å². The highest BCUT2D eigenvalue weighted by atomic mass is 32.2. The van der Waals surface area contributed by atoms with E-state index in [0.717, 1.165) is 0 Å². The number of rotatable bonds is 2. The van der Waals surface area contributed by atoms with E-state index >= 15 is 0 Å². The zero-order valence-electron chi connectivity index (χ0n) is 7.43. The second-order valence-corrected chi connectivity index (χ2v) is 4.64. The molecule has 1 aromatic heterocycles. The van der Waals surface area contributed by atoms with E-state index in [1.165, 1.54) is 19.3 Å². The van der Waals surface area contributed by atoms with Crippen LogP contribution in [0, 0.1) is 6.92 Å². The quantitative estimate of drug-likeness (QED) is 0.737. The van der Waals surface area contributed by atoms with Gasteiger partial charge in [-0.3, -0.25) is 9.97 Å². The molecule has 0 bridgehead atoms. The van der Waals surface area contributed by atoms with Crippen molar-refractivity contribution in [3.63, 3.8) is 0 Å². The molecule has 2 N–H and O–H groups in total. The Morgan fingerprint density at radius 1 is 1.38 bits per heavy atom. The van der Waals surface area contributed by atoms with E-state index in [1.807, 2.05) is 0 Å². The zero-order valence-corrected chi connectivity index (χ0v) is 8.25. The van der Waals surface area contributed by atoms with E-state index < -0.39 is 15.3 Å². The van der Waals surface area contributed by atoms with Crippen LogP contribution in [0.25, 0.3) is 0 Å². The Balaban J connectivity index is 3.17. The SMILES string of the molecule is Cc1nccnc1C(C)S(N)(=O)=O. The van der Waals surface area contributed by atoms with Crippen LogP contribution in [0.5, 0.6) is 0 Å². The molecule has 1 rings (SSSR count). The van der Waals surface area contributed by atoms with Crippen molar-refractivity contribution in [3.8, 4) is 0 Å². The van der Waals surface area contributed by atoms with Crippen LogP contribution in [0.3, 0.4) is 0 Å². The molecule has 0 fully saturated rings. The minimum atomic E-state index is -3.58. The first-order chi connectivity index (χ1) is 5.93. The molecule has 0 aliphatic rings. The third kappa shape index (κ3) is 2.22. The van der Waals surface area contributed by atoms with Gasteiger partial charge in [-0.15, -0.1) is 0 Å². The van der Waals surface area contributed by atoms with Crippen molar-refractivity contribution in [3.05, 3.63) is 23.8 Å². The fourth-order valence-electron chi connectivity index (χ4n) is 0.973. The summed E-state index contributed by atoms with van der Waals surface area (Å²) in [5, 5.41) is 4.18. The lowest BCUT2D eigenvalue weighted by atomic mass is 10.2. The average Bonchev–Trinajstić information content (AvgIpc) is 2.02. The molecule has 1 aromatic rings. The third-order valence-corrected chi connectivity index (χ3v) is 3.01. The first kappa shape index (κ1) is 10.1. The molecule has 6 heteroatoms. The van der Waals surface area contributed by atoms with Crippen molar-refractivity contribution in [2.24, 2.45) is 5.14 Å². The highest BCUT2D eigenvalue weighted by molar-refractivity contribution is 7.89. The summed E-state index contributed by atoms with van der Waals surface area (Å²) in [7, 11) is -3.58. The molecule has 5 nitrogen and oxygen atoms in total. The third-order valence-electron chi connectivity index (χ3n) is 1.80. The minimum Gasteiger partial charge on any atom is -0.258 e. The summed E-state index contributed by atoms with van der Waals surface area (Å²) < 4.78 is 22.0. The molecule has 0 spiro atoms. The Bertz CT molecular complexity index is 402. The Hall–Kier alpha value is -1.01. The summed E-state index contributed by atoms with van der Waals surface area (Å²) >= 11 is 0. The number of primary sulfonamides is 1. The summed E-state index contributed by atoms with van der Waals surface area (Å²) in [6, 6.07) is 0. The molecule has 1 unspecified atom stereocenters.